The van der Waals surface area contributed by atoms with Gasteiger partial charge in [-0.05, 0) is 30.7 Å². The topological polar surface area (TPSA) is 54.0 Å². The van der Waals surface area contributed by atoms with Crippen LogP contribution in [0.1, 0.15) is 29.0 Å². The highest BCUT2D eigenvalue weighted by molar-refractivity contribution is 6.31. The zero-order valence-corrected chi connectivity index (χ0v) is 12.1. The van der Waals surface area contributed by atoms with Gasteiger partial charge in [0.2, 0.25) is 0 Å². The van der Waals surface area contributed by atoms with Gasteiger partial charge in [0.25, 0.3) is 5.91 Å². The first kappa shape index (κ1) is 14.3. The molecule has 1 atom stereocenters. The van der Waals surface area contributed by atoms with Gasteiger partial charge in [-0.15, -0.1) is 0 Å². The van der Waals surface area contributed by atoms with Gasteiger partial charge in [-0.3, -0.25) is 9.78 Å². The van der Waals surface area contributed by atoms with Crippen LogP contribution in [0, 0.1) is 0 Å². The van der Waals surface area contributed by atoms with Crippen LogP contribution in [-0.2, 0) is 0 Å². The highest BCUT2D eigenvalue weighted by atomic mass is 35.5. The molecule has 1 amide bonds. The monoisotopic (exact) mass is 289 g/mol. The van der Waals surface area contributed by atoms with Crippen LogP contribution in [0.15, 0.2) is 42.6 Å². The summed E-state index contributed by atoms with van der Waals surface area (Å²) in [5.41, 5.74) is 2.10. The van der Waals surface area contributed by atoms with Crippen molar-refractivity contribution in [2.24, 2.45) is 0 Å². The number of carbonyl (C=O) groups is 1. The van der Waals surface area contributed by atoms with E-state index in [0.717, 1.165) is 11.3 Å². The fraction of sp³-hybridized carbons (Fsp3) is 0.200. The van der Waals surface area contributed by atoms with E-state index in [0.29, 0.717) is 10.7 Å². The summed E-state index contributed by atoms with van der Waals surface area (Å²) in [7, 11) is 1.80. The number of pyridine rings is 1. The number of anilines is 1. The number of hydrogen-bond donors (Lipinski definition) is 2. The lowest BCUT2D eigenvalue weighted by molar-refractivity contribution is 0.0935. The summed E-state index contributed by atoms with van der Waals surface area (Å²) in [5.74, 6) is -0.227. The van der Waals surface area contributed by atoms with E-state index in [1.165, 1.54) is 0 Å². The molecule has 2 rings (SSSR count). The molecule has 1 heterocycles. The summed E-state index contributed by atoms with van der Waals surface area (Å²) >= 11 is 6.12. The van der Waals surface area contributed by atoms with Gasteiger partial charge in [-0.2, -0.15) is 0 Å². The molecule has 0 bridgehead atoms. The van der Waals surface area contributed by atoms with Gasteiger partial charge >= 0.3 is 0 Å². The van der Waals surface area contributed by atoms with Gasteiger partial charge in [0.15, 0.2) is 0 Å². The third-order valence-electron chi connectivity index (χ3n) is 3.00. The van der Waals surface area contributed by atoms with E-state index < -0.39 is 0 Å². The number of rotatable bonds is 4. The predicted molar refractivity (Wildman–Crippen MR) is 81.1 cm³/mol. The van der Waals surface area contributed by atoms with Gasteiger partial charge in [0.1, 0.15) is 5.69 Å². The summed E-state index contributed by atoms with van der Waals surface area (Å²) < 4.78 is 0. The Balaban J connectivity index is 2.13. The standard InChI is InChI=1S/C15H16ClN3O/c1-10(12-5-3-4-6-13(12)16)19-15(20)14-9-11(17-2)7-8-18-14/h3-10H,1-2H3,(H,17,18)(H,19,20). The van der Waals surface area contributed by atoms with Crippen molar-refractivity contribution in [3.8, 4) is 0 Å². The Labute approximate surface area is 123 Å². The molecule has 0 aliphatic heterocycles. The molecule has 2 aromatic rings. The van der Waals surface area contributed by atoms with E-state index >= 15 is 0 Å². The molecule has 1 unspecified atom stereocenters. The number of nitrogens with zero attached hydrogens (tertiary/aromatic N) is 1. The molecular weight excluding hydrogens is 274 g/mol. The SMILES string of the molecule is CNc1ccnc(C(=O)NC(C)c2ccccc2Cl)c1. The highest BCUT2D eigenvalue weighted by Crippen LogP contribution is 2.22. The Morgan fingerprint density at radius 1 is 1.30 bits per heavy atom. The highest BCUT2D eigenvalue weighted by Gasteiger charge is 2.14. The lowest BCUT2D eigenvalue weighted by Crippen LogP contribution is -2.27. The number of aromatic nitrogens is 1. The van der Waals surface area contributed by atoms with Crippen molar-refractivity contribution in [1.82, 2.24) is 10.3 Å². The van der Waals surface area contributed by atoms with Crippen molar-refractivity contribution >= 4 is 23.2 Å². The molecule has 20 heavy (non-hydrogen) atoms. The summed E-state index contributed by atoms with van der Waals surface area (Å²) in [4.78, 5) is 16.2. The second kappa shape index (κ2) is 6.39. The fourth-order valence-corrected chi connectivity index (χ4v) is 2.18. The Bertz CT molecular complexity index is 616. The molecule has 1 aromatic heterocycles. The van der Waals surface area contributed by atoms with Crippen LogP contribution in [0.2, 0.25) is 5.02 Å². The first-order valence-electron chi connectivity index (χ1n) is 6.31. The molecule has 1 aromatic carbocycles. The molecule has 0 saturated heterocycles. The van der Waals surface area contributed by atoms with E-state index in [2.05, 4.69) is 15.6 Å². The minimum Gasteiger partial charge on any atom is -0.388 e. The number of halogens is 1. The maximum Gasteiger partial charge on any atom is 0.270 e. The minimum atomic E-state index is -0.227. The number of carbonyl (C=O) groups excluding carboxylic acids is 1. The Kier molecular flexibility index (Phi) is 4.58. The third kappa shape index (κ3) is 3.27. The second-order valence-corrected chi connectivity index (χ2v) is 4.80. The van der Waals surface area contributed by atoms with Crippen molar-refractivity contribution < 1.29 is 4.79 Å². The van der Waals surface area contributed by atoms with Gasteiger partial charge in [-0.25, -0.2) is 0 Å². The molecule has 5 heteroatoms. The molecule has 2 N–H and O–H groups in total. The maximum atomic E-state index is 12.2. The van der Waals surface area contributed by atoms with Crippen LogP contribution in [-0.4, -0.2) is 17.9 Å². The molecule has 104 valence electrons. The van der Waals surface area contributed by atoms with E-state index in [9.17, 15) is 4.79 Å². The fourth-order valence-electron chi connectivity index (χ4n) is 1.88. The number of nitrogens with one attached hydrogen (secondary N) is 2. The first-order chi connectivity index (χ1) is 9.61. The van der Waals surface area contributed by atoms with Crippen molar-refractivity contribution in [1.29, 1.82) is 0 Å². The Morgan fingerprint density at radius 2 is 2.05 bits per heavy atom. The van der Waals surface area contributed by atoms with Crippen molar-refractivity contribution in [3.05, 3.63) is 58.9 Å². The molecule has 0 fully saturated rings. The molecule has 4 nitrogen and oxygen atoms in total. The largest absolute Gasteiger partial charge is 0.388 e. The Morgan fingerprint density at radius 3 is 2.75 bits per heavy atom. The molecular formula is C15H16ClN3O. The van der Waals surface area contributed by atoms with Crippen LogP contribution in [0.3, 0.4) is 0 Å². The van der Waals surface area contributed by atoms with Gasteiger partial charge in [0.05, 0.1) is 6.04 Å². The van der Waals surface area contributed by atoms with Crippen LogP contribution in [0.4, 0.5) is 5.69 Å². The number of hydrogen-bond acceptors (Lipinski definition) is 3. The predicted octanol–water partition coefficient (Wildman–Crippen LogP) is 3.27. The van der Waals surface area contributed by atoms with E-state index in [4.69, 9.17) is 11.6 Å². The quantitative estimate of drug-likeness (QED) is 0.908. The Hall–Kier alpha value is -2.07. The van der Waals surface area contributed by atoms with E-state index in [1.54, 1.807) is 31.4 Å². The summed E-state index contributed by atoms with van der Waals surface area (Å²) in [6.07, 6.45) is 1.60. The van der Waals surface area contributed by atoms with Crippen molar-refractivity contribution in [2.45, 2.75) is 13.0 Å². The summed E-state index contributed by atoms with van der Waals surface area (Å²) in [6, 6.07) is 10.8. The molecule has 0 aliphatic carbocycles. The zero-order chi connectivity index (χ0) is 14.5. The first-order valence-corrected chi connectivity index (χ1v) is 6.68. The van der Waals surface area contributed by atoms with Crippen LogP contribution in [0.5, 0.6) is 0 Å². The summed E-state index contributed by atoms with van der Waals surface area (Å²) in [5, 5.41) is 6.50. The van der Waals surface area contributed by atoms with Gasteiger partial charge in [-0.1, -0.05) is 29.8 Å². The van der Waals surface area contributed by atoms with E-state index in [-0.39, 0.29) is 11.9 Å². The zero-order valence-electron chi connectivity index (χ0n) is 11.4. The molecule has 0 radical (unpaired) electrons. The van der Waals surface area contributed by atoms with Crippen LogP contribution in [0.25, 0.3) is 0 Å². The average molecular weight is 290 g/mol. The molecule has 0 aliphatic rings. The lowest BCUT2D eigenvalue weighted by atomic mass is 10.1. The molecule has 0 spiro atoms. The molecule has 0 saturated carbocycles. The van der Waals surface area contributed by atoms with E-state index in [1.807, 2.05) is 25.1 Å². The smallest absolute Gasteiger partial charge is 0.270 e. The van der Waals surface area contributed by atoms with Crippen LogP contribution < -0.4 is 10.6 Å². The minimum absolute atomic E-state index is 0.184. The average Bonchev–Trinajstić information content (AvgIpc) is 2.47. The summed E-state index contributed by atoms with van der Waals surface area (Å²) in [6.45, 7) is 1.89. The maximum absolute atomic E-state index is 12.2. The lowest BCUT2D eigenvalue weighted by Gasteiger charge is -2.15. The number of benzene rings is 1. The van der Waals surface area contributed by atoms with Gasteiger partial charge in [0, 0.05) is 24.0 Å². The van der Waals surface area contributed by atoms with Crippen LogP contribution >= 0.6 is 11.6 Å². The third-order valence-corrected chi connectivity index (χ3v) is 3.34. The normalized spacial score (nSPS) is 11.8. The van der Waals surface area contributed by atoms with Crippen molar-refractivity contribution in [2.75, 3.05) is 12.4 Å². The number of amides is 1. The van der Waals surface area contributed by atoms with Crippen molar-refractivity contribution in [3.63, 3.8) is 0 Å². The second-order valence-electron chi connectivity index (χ2n) is 4.40. The van der Waals surface area contributed by atoms with Gasteiger partial charge < -0.3 is 10.6 Å².